The largest absolute Gasteiger partial charge is 0.497 e. The Morgan fingerprint density at radius 1 is 0.309 bits per heavy atom. The van der Waals surface area contributed by atoms with Crippen LogP contribution in [0, 0.1) is 34.6 Å². The van der Waals surface area contributed by atoms with Gasteiger partial charge in [0.1, 0.15) is 17.2 Å². The highest BCUT2D eigenvalue weighted by atomic mass is 32.2. The molecule has 0 radical (unpaired) electrons. The summed E-state index contributed by atoms with van der Waals surface area (Å²) in [6.07, 6.45) is 2.03. The highest BCUT2D eigenvalue weighted by Gasteiger charge is 2.28. The Bertz CT molecular complexity index is 8560. The molecule has 0 atom stereocenters. The smallest absolute Gasteiger partial charge is 0.337 e. The minimum atomic E-state index is -0.545. The number of non-ortho nitro benzene ring substituents is 1. The van der Waals surface area contributed by atoms with Gasteiger partial charge in [0, 0.05) is 50.0 Å². The fraction of sp³-hybridized carbons (Fsp3) is 0.115. The second-order valence-electron chi connectivity index (χ2n) is 33.7. The van der Waals surface area contributed by atoms with Crippen molar-refractivity contribution in [3.05, 3.63) is 399 Å². The number of nitro benzene ring substituents is 1. The van der Waals surface area contributed by atoms with E-state index in [-0.39, 0.29) is 96.2 Å². The van der Waals surface area contributed by atoms with Gasteiger partial charge in [-0.25, -0.2) is 19.2 Å². The van der Waals surface area contributed by atoms with Crippen molar-refractivity contribution in [1.82, 2.24) is 22.8 Å². The minimum absolute atomic E-state index is 0.000756. The molecule has 0 saturated carbocycles. The summed E-state index contributed by atoms with van der Waals surface area (Å²) in [6, 6.07) is 91.6. The maximum absolute atomic E-state index is 11.9. The summed E-state index contributed by atoms with van der Waals surface area (Å²) in [4.78, 5) is 116. The molecule has 0 unspecified atom stereocenters. The number of nitroso groups, excluding NO2 is 5. The monoisotopic (exact) mass is 2030 g/mol. The first kappa shape index (κ1) is 103. The van der Waals surface area contributed by atoms with Gasteiger partial charge in [-0.3, -0.25) is 10.1 Å². The SMILES string of the molecule is COC(=O)c1cccc(Cn2c(O)c(N=O)c3ccc(-c4ccc(SC)cc4)cc32)c1.COC(=O)c1cccc(Cn2c(O)c(N=O)c3ccc(-c4ccc5ccccc5c4)cc32)c1.COC(=O)c1cccc(Cn2c(O)c(N=O)c3ccc(-c4cccc(OC)c4)cc32)c1.COC(=O)c1cccc(Cn2c(O)c(N=O)c3ccc(-c4ccsc4)cc32)c1.COc1cc(Cn2c(O)c(N=O)c3ccc([N+](=O)[O-])cc32)cc(OC)c1. The van der Waals surface area contributed by atoms with Crippen LogP contribution in [-0.2, 0) is 51.7 Å². The number of nitrogens with zero attached hydrogens (tertiary/aromatic N) is 11. The first-order valence-corrected chi connectivity index (χ1v) is 47.8. The van der Waals surface area contributed by atoms with Crippen molar-refractivity contribution >= 4 is 146 Å². The van der Waals surface area contributed by atoms with E-state index in [1.807, 2.05) is 144 Å². The summed E-state index contributed by atoms with van der Waals surface area (Å²) in [5.41, 5.74) is 16.0. The Balaban J connectivity index is 0.000000133. The van der Waals surface area contributed by atoms with Crippen molar-refractivity contribution in [3.8, 4) is 91.2 Å². The summed E-state index contributed by atoms with van der Waals surface area (Å²) >= 11 is 3.27. The molecule has 20 aromatic rings. The van der Waals surface area contributed by atoms with Crippen LogP contribution >= 0.6 is 23.1 Å². The summed E-state index contributed by atoms with van der Waals surface area (Å²) < 4.78 is 42.7. The van der Waals surface area contributed by atoms with Crippen LogP contribution in [0.3, 0.4) is 0 Å². The van der Waals surface area contributed by atoms with Crippen LogP contribution in [0.15, 0.2) is 345 Å². The van der Waals surface area contributed by atoms with Gasteiger partial charge in [0.05, 0.1) is 137 Å². The van der Waals surface area contributed by atoms with Gasteiger partial charge in [-0.15, -0.1) is 36.3 Å². The quantitative estimate of drug-likeness (QED) is 0.00759. The molecule has 0 aliphatic carbocycles. The topological polar surface area (TPSA) is 449 Å². The van der Waals surface area contributed by atoms with Gasteiger partial charge in [-0.2, -0.15) is 11.3 Å². The number of methoxy groups -OCH3 is 7. The lowest BCUT2D eigenvalue weighted by Crippen LogP contribution is -2.04. The molecule has 36 heteroatoms. The van der Waals surface area contributed by atoms with E-state index in [9.17, 15) is 79.4 Å². The number of hydrogen-bond donors (Lipinski definition) is 5. The molecule has 6 aromatic heterocycles. The summed E-state index contributed by atoms with van der Waals surface area (Å²) in [7, 11) is 9.94. The third-order valence-corrected chi connectivity index (χ3v) is 26.4. The molecule has 748 valence electrons. The molecule has 0 bridgehead atoms. The number of ether oxygens (including phenoxy) is 7. The van der Waals surface area contributed by atoms with Crippen LogP contribution in [0.4, 0.5) is 34.1 Å². The molecule has 0 saturated heterocycles. The summed E-state index contributed by atoms with van der Waals surface area (Å²) in [6.45, 7) is 1.16. The van der Waals surface area contributed by atoms with Crippen LogP contribution < -0.4 is 14.2 Å². The Morgan fingerprint density at radius 3 is 0.966 bits per heavy atom. The Labute approximate surface area is 856 Å². The number of carbonyl (C=O) groups is 4. The van der Waals surface area contributed by atoms with Gasteiger partial charge in [-0.1, -0.05) is 133 Å². The van der Waals surface area contributed by atoms with Crippen LogP contribution in [0.1, 0.15) is 69.2 Å². The first-order chi connectivity index (χ1) is 72.3. The highest BCUT2D eigenvalue weighted by Crippen LogP contribution is 2.48. The van der Waals surface area contributed by atoms with E-state index in [2.05, 4.69) is 68.3 Å². The third kappa shape index (κ3) is 22.0. The van der Waals surface area contributed by atoms with E-state index in [0.717, 1.165) is 83.3 Å². The number of aromatic nitrogens is 5. The predicted octanol–water partition coefficient (Wildman–Crippen LogP) is 26.7. The third-order valence-electron chi connectivity index (χ3n) is 25.0. The lowest BCUT2D eigenvalue weighted by atomic mass is 10.0. The van der Waals surface area contributed by atoms with E-state index >= 15 is 0 Å². The number of fused-ring (bicyclic) bond motifs is 6. The van der Waals surface area contributed by atoms with Crippen LogP contribution in [-0.4, -0.2) is 133 Å². The number of thiophene rings is 1. The molecular formula is C113H91N11O23S2. The fourth-order valence-electron chi connectivity index (χ4n) is 17.6. The molecule has 0 aliphatic heterocycles. The molecule has 149 heavy (non-hydrogen) atoms. The van der Waals surface area contributed by atoms with E-state index in [4.69, 9.17) is 33.2 Å². The van der Waals surface area contributed by atoms with Crippen LogP contribution in [0.25, 0.3) is 110 Å². The summed E-state index contributed by atoms with van der Waals surface area (Å²) in [5.74, 6) is -1.12. The number of nitro groups is 1. The Kier molecular flexibility index (Phi) is 31.7. The molecule has 14 aromatic carbocycles. The molecule has 5 N–H and O–H groups in total. The zero-order chi connectivity index (χ0) is 105. The van der Waals surface area contributed by atoms with Crippen molar-refractivity contribution in [2.45, 2.75) is 37.6 Å². The number of esters is 4. The van der Waals surface area contributed by atoms with Gasteiger partial charge in [-0.05, 0) is 278 Å². The number of hydrogen-bond acceptors (Lipinski definition) is 30. The summed E-state index contributed by atoms with van der Waals surface area (Å²) in [5, 5.41) is 88.2. The van der Waals surface area contributed by atoms with Crippen molar-refractivity contribution in [1.29, 1.82) is 0 Å². The molecule has 6 heterocycles. The average Bonchev–Trinajstić information content (AvgIpc) is 1.64. The maximum Gasteiger partial charge on any atom is 0.337 e. The van der Waals surface area contributed by atoms with Gasteiger partial charge >= 0.3 is 23.9 Å². The number of rotatable bonds is 28. The van der Waals surface area contributed by atoms with Crippen LogP contribution in [0.5, 0.6) is 46.6 Å². The molecule has 34 nitrogen and oxygen atoms in total. The lowest BCUT2D eigenvalue weighted by Gasteiger charge is -2.11. The minimum Gasteiger partial charge on any atom is -0.497 e. The molecule has 0 spiro atoms. The van der Waals surface area contributed by atoms with E-state index in [1.54, 1.807) is 164 Å². The Morgan fingerprint density at radius 2 is 0.624 bits per heavy atom. The van der Waals surface area contributed by atoms with Crippen LogP contribution in [0.2, 0.25) is 0 Å². The van der Waals surface area contributed by atoms with Crippen molar-refractivity contribution in [2.24, 2.45) is 25.9 Å². The molecular weight excluding hydrogens is 1940 g/mol. The van der Waals surface area contributed by atoms with Gasteiger partial charge in [0.15, 0.2) is 28.4 Å². The second-order valence-corrected chi connectivity index (χ2v) is 35.3. The predicted molar refractivity (Wildman–Crippen MR) is 574 cm³/mol. The van der Waals surface area contributed by atoms with Crippen molar-refractivity contribution in [2.75, 3.05) is 56.0 Å². The van der Waals surface area contributed by atoms with Crippen molar-refractivity contribution < 1.29 is 82.8 Å². The normalized spacial score (nSPS) is 10.9. The maximum atomic E-state index is 11.9. The number of thioether (sulfide) groups is 1. The number of carbonyl (C=O) groups excluding carboxylic acids is 4. The standard InChI is InChI=1S/C27H20N2O4.C24H20N2O5.C24H20N2O4S.C21H16N2O4S.C17H15N3O6/c1-33-27(31)22-8-4-5-17(13-22)16-29-24-15-21(11-12-23(24)25(28-32)26(29)30)20-10-9-18-6-2-3-7-19(18)14-20;1-30-19-8-4-6-16(12-19)17-9-10-20-21(13-17)26(23(27)22(20)25-29)14-15-5-3-7-18(11-15)24(28)31-2;1-30-24(28)18-5-3-4-15(12-18)14-26-21-13-17(16-6-9-19(31-2)10-7-16)8-11-20(21)22(25-29)23(26)27;1-27-21(25)15-4-2-3-13(9-15)11-23-18-10-14(16-7-8-28-12-16)5-6-17(18)19(22-26)20(23)24;1-25-12-5-10(6-13(8-12)26-2)9-19-15-7-11(20(23)24)3-4-14(15)16(18-22)17(19)21/h2-15,30H,16H2,1H3;2*3-13,27H,14H2,1-2H3;2-10,12,24H,11H2,1H3;3-8,21H,9H2,1-2H3. The molecule has 0 aliphatic rings. The van der Waals surface area contributed by atoms with Crippen molar-refractivity contribution in [3.63, 3.8) is 0 Å². The lowest BCUT2D eigenvalue weighted by molar-refractivity contribution is -0.384. The first-order valence-electron chi connectivity index (χ1n) is 45.6. The number of aromatic hydroxyl groups is 5. The Hall–Kier alpha value is -19.2. The highest BCUT2D eigenvalue weighted by molar-refractivity contribution is 7.98. The van der Waals surface area contributed by atoms with E-state index in [1.165, 1.54) is 70.3 Å². The van der Waals surface area contributed by atoms with Gasteiger partial charge < -0.3 is 81.5 Å². The van der Waals surface area contributed by atoms with Gasteiger partial charge in [0.25, 0.3) is 5.69 Å². The molecule has 20 rings (SSSR count). The van der Waals surface area contributed by atoms with Gasteiger partial charge in [0.2, 0.25) is 29.4 Å². The second kappa shape index (κ2) is 46.0. The molecule has 0 amide bonds. The average molecular weight is 2040 g/mol. The zero-order valence-corrected chi connectivity index (χ0v) is 82.5. The molecule has 0 fully saturated rings. The van der Waals surface area contributed by atoms with E-state index in [0.29, 0.717) is 93.8 Å². The number of benzene rings is 14. The fourth-order valence-corrected chi connectivity index (χ4v) is 18.6. The zero-order valence-electron chi connectivity index (χ0n) is 80.9. The van der Waals surface area contributed by atoms with E-state index < -0.39 is 28.8 Å².